The number of carbonyl (C=O) groups excluding carboxylic acids is 1. The minimum Gasteiger partial charge on any atom is -0.461 e. The fourth-order valence-electron chi connectivity index (χ4n) is 2.67. The average Bonchev–Trinajstić information content (AvgIpc) is 3.43. The summed E-state index contributed by atoms with van der Waals surface area (Å²) in [7, 11) is 0. The Bertz CT molecular complexity index is 1270. The Labute approximate surface area is 167 Å². The molecule has 0 amide bonds. The minimum atomic E-state index is -0.340. The molecule has 0 aliphatic heterocycles. The van der Waals surface area contributed by atoms with Gasteiger partial charge in [0.2, 0.25) is 5.78 Å². The first kappa shape index (κ1) is 18.3. The first-order valence-electron chi connectivity index (χ1n) is 8.39. The lowest BCUT2D eigenvalue weighted by Gasteiger charge is -2.02. The molecular weight excluding hydrogens is 397 g/mol. The molecule has 4 aromatic rings. The van der Waals surface area contributed by atoms with Crippen molar-refractivity contribution in [3.8, 4) is 0 Å². The summed E-state index contributed by atoms with van der Waals surface area (Å²) in [6.45, 7) is 0.241. The van der Waals surface area contributed by atoms with E-state index in [2.05, 4.69) is 0 Å². The van der Waals surface area contributed by atoms with Crippen LogP contribution in [-0.2, 0) is 6.54 Å². The van der Waals surface area contributed by atoms with Crippen molar-refractivity contribution in [1.82, 2.24) is 4.57 Å². The maximum atomic E-state index is 13.2. The van der Waals surface area contributed by atoms with E-state index in [1.165, 1.54) is 51.7 Å². The van der Waals surface area contributed by atoms with Crippen LogP contribution in [0, 0.1) is 5.82 Å². The van der Waals surface area contributed by atoms with Crippen molar-refractivity contribution in [2.45, 2.75) is 6.54 Å². The highest BCUT2D eigenvalue weighted by Gasteiger charge is 2.10. The van der Waals surface area contributed by atoms with E-state index in [0.29, 0.717) is 9.20 Å². The van der Waals surface area contributed by atoms with Crippen LogP contribution in [0.5, 0.6) is 0 Å². The van der Waals surface area contributed by atoms with Crippen molar-refractivity contribution in [2.75, 3.05) is 0 Å². The number of thiophene rings is 1. The van der Waals surface area contributed by atoms with Gasteiger partial charge >= 0.3 is 0 Å². The predicted octanol–water partition coefficient (Wildman–Crippen LogP) is 3.24. The Hall–Kier alpha value is -3.03. The van der Waals surface area contributed by atoms with Crippen molar-refractivity contribution in [2.24, 2.45) is 0 Å². The minimum absolute atomic E-state index is 0.193. The summed E-state index contributed by atoms with van der Waals surface area (Å²) < 4.78 is 20.9. The topological polar surface area (TPSA) is 52.2 Å². The molecule has 0 N–H and O–H groups in total. The second-order valence-corrected chi connectivity index (χ2v) is 8.01. The van der Waals surface area contributed by atoms with Gasteiger partial charge in [0.25, 0.3) is 5.56 Å². The van der Waals surface area contributed by atoms with E-state index in [1.54, 1.807) is 24.3 Å². The van der Waals surface area contributed by atoms with Crippen molar-refractivity contribution >= 4 is 40.6 Å². The summed E-state index contributed by atoms with van der Waals surface area (Å²) in [6.07, 6.45) is 4.64. The second kappa shape index (κ2) is 7.92. The van der Waals surface area contributed by atoms with Gasteiger partial charge in [-0.25, -0.2) is 4.39 Å². The average molecular weight is 411 g/mol. The molecule has 0 aliphatic rings. The number of carbonyl (C=O) groups is 1. The summed E-state index contributed by atoms with van der Waals surface area (Å²) in [4.78, 5) is 26.4. The summed E-state index contributed by atoms with van der Waals surface area (Å²) in [5, 5.41) is 1.93. The van der Waals surface area contributed by atoms with Gasteiger partial charge in [0, 0.05) is 11.0 Å². The summed E-state index contributed by atoms with van der Waals surface area (Å²) >= 11 is 2.77. The standard InChI is InChI=1S/C21H14FNO3S2/c22-15-7-5-14(6-8-15)13-23-20(12-17(24)18-4-1-9-26-18)28-19(21(23)25)11-16-3-2-10-27-16/h1-12H,13H2/b19-11+,20-12-. The Morgan fingerprint density at radius 2 is 1.96 bits per heavy atom. The van der Waals surface area contributed by atoms with Gasteiger partial charge in [0.1, 0.15) is 10.5 Å². The molecule has 0 saturated heterocycles. The normalized spacial score (nSPS) is 12.6. The number of benzene rings is 1. The number of rotatable bonds is 5. The number of furan rings is 1. The Kier molecular flexibility index (Phi) is 5.18. The van der Waals surface area contributed by atoms with Crippen LogP contribution in [0.4, 0.5) is 4.39 Å². The molecule has 0 aliphatic carbocycles. The fourth-order valence-corrected chi connectivity index (χ4v) is 4.43. The summed E-state index contributed by atoms with van der Waals surface area (Å²) in [5.74, 6) is -0.451. The molecule has 3 aromatic heterocycles. The van der Waals surface area contributed by atoms with Gasteiger partial charge in [-0.2, -0.15) is 0 Å². The zero-order chi connectivity index (χ0) is 19.5. The third-order valence-electron chi connectivity index (χ3n) is 4.03. The number of halogens is 1. The Morgan fingerprint density at radius 3 is 2.64 bits per heavy atom. The number of hydrogen-bond donors (Lipinski definition) is 0. The third kappa shape index (κ3) is 3.95. The molecule has 0 radical (unpaired) electrons. The number of thiazole rings is 1. The van der Waals surface area contributed by atoms with Crippen molar-refractivity contribution in [1.29, 1.82) is 0 Å². The van der Waals surface area contributed by atoms with Crippen LogP contribution in [0.1, 0.15) is 21.0 Å². The molecule has 3 heterocycles. The smallest absolute Gasteiger partial charge is 0.269 e. The van der Waals surface area contributed by atoms with E-state index in [9.17, 15) is 14.0 Å². The van der Waals surface area contributed by atoms with Crippen LogP contribution in [0.3, 0.4) is 0 Å². The molecular formula is C21H14FNO3S2. The summed E-state index contributed by atoms with van der Waals surface area (Å²) in [6, 6.07) is 13.0. The molecule has 0 saturated carbocycles. The fraction of sp³-hybridized carbons (Fsp3) is 0.0476. The predicted molar refractivity (Wildman–Crippen MR) is 109 cm³/mol. The maximum absolute atomic E-state index is 13.2. The lowest BCUT2D eigenvalue weighted by atomic mass is 10.2. The largest absolute Gasteiger partial charge is 0.461 e. The number of aromatic nitrogens is 1. The maximum Gasteiger partial charge on any atom is 0.269 e. The SMILES string of the molecule is O=C(/C=c1\s/c(=C/c2cccs2)c(=O)n1Cc1ccc(F)cc1)c1ccco1. The lowest BCUT2D eigenvalue weighted by molar-refractivity contribution is 0.103. The molecule has 1 aromatic carbocycles. The van der Waals surface area contributed by atoms with Crippen LogP contribution < -0.4 is 14.8 Å². The molecule has 140 valence electrons. The van der Waals surface area contributed by atoms with Gasteiger partial charge in [0.05, 0.1) is 17.3 Å². The molecule has 4 rings (SSSR count). The number of Topliss-reactive ketones (excluding diaryl/α,β-unsaturated/α-hetero) is 1. The van der Waals surface area contributed by atoms with Crippen LogP contribution in [0.25, 0.3) is 12.2 Å². The van der Waals surface area contributed by atoms with Crippen molar-refractivity contribution in [3.05, 3.63) is 102 Å². The third-order valence-corrected chi connectivity index (χ3v) is 5.90. The van der Waals surface area contributed by atoms with E-state index < -0.39 is 0 Å². The van der Waals surface area contributed by atoms with Gasteiger partial charge in [-0.1, -0.05) is 18.2 Å². The van der Waals surface area contributed by atoms with Crippen LogP contribution in [0.2, 0.25) is 0 Å². The number of hydrogen-bond acceptors (Lipinski definition) is 5. The van der Waals surface area contributed by atoms with E-state index >= 15 is 0 Å². The van der Waals surface area contributed by atoms with Gasteiger partial charge < -0.3 is 4.42 Å². The summed E-state index contributed by atoms with van der Waals surface area (Å²) in [5.41, 5.74) is 0.574. The van der Waals surface area contributed by atoms with Gasteiger partial charge in [0.15, 0.2) is 5.76 Å². The van der Waals surface area contributed by atoms with Gasteiger partial charge in [-0.05, 0) is 47.4 Å². The van der Waals surface area contributed by atoms with Gasteiger partial charge in [-0.15, -0.1) is 22.7 Å². The van der Waals surface area contributed by atoms with Crippen LogP contribution in [0.15, 0.2) is 69.4 Å². The highest BCUT2D eigenvalue weighted by atomic mass is 32.1. The monoisotopic (exact) mass is 411 g/mol. The van der Waals surface area contributed by atoms with Crippen LogP contribution >= 0.6 is 22.7 Å². The van der Waals surface area contributed by atoms with Gasteiger partial charge in [-0.3, -0.25) is 14.2 Å². The highest BCUT2D eigenvalue weighted by molar-refractivity contribution is 7.11. The zero-order valence-corrected chi connectivity index (χ0v) is 16.1. The number of ketones is 1. The molecule has 28 heavy (non-hydrogen) atoms. The Balaban J connectivity index is 1.84. The Morgan fingerprint density at radius 1 is 1.14 bits per heavy atom. The second-order valence-electron chi connectivity index (χ2n) is 5.97. The lowest BCUT2D eigenvalue weighted by Crippen LogP contribution is -2.32. The van der Waals surface area contributed by atoms with Crippen LogP contribution in [-0.4, -0.2) is 10.4 Å². The van der Waals surface area contributed by atoms with E-state index in [4.69, 9.17) is 4.42 Å². The first-order valence-corrected chi connectivity index (χ1v) is 10.1. The van der Waals surface area contributed by atoms with E-state index in [-0.39, 0.29) is 29.5 Å². The molecule has 0 bridgehead atoms. The molecule has 0 spiro atoms. The molecule has 7 heteroatoms. The number of nitrogens with zero attached hydrogens (tertiary/aromatic N) is 1. The van der Waals surface area contributed by atoms with Crippen molar-refractivity contribution in [3.63, 3.8) is 0 Å². The highest BCUT2D eigenvalue weighted by Crippen LogP contribution is 2.09. The molecule has 0 unspecified atom stereocenters. The molecule has 0 fully saturated rings. The molecule has 4 nitrogen and oxygen atoms in total. The van der Waals surface area contributed by atoms with E-state index in [0.717, 1.165) is 10.4 Å². The van der Waals surface area contributed by atoms with E-state index in [1.807, 2.05) is 23.6 Å². The van der Waals surface area contributed by atoms with Crippen molar-refractivity contribution < 1.29 is 13.6 Å². The quantitative estimate of drug-likeness (QED) is 0.474. The molecule has 0 atom stereocenters. The zero-order valence-electron chi connectivity index (χ0n) is 14.5. The first-order chi connectivity index (χ1) is 13.6.